The third kappa shape index (κ3) is 34.3. The Morgan fingerprint density at radius 2 is 0.896 bits per heavy atom. The molecule has 1 fully saturated rings. The molecule has 0 bridgehead atoms. The highest BCUT2D eigenvalue weighted by atomic mass is 16.7. The maximum Gasteiger partial charge on any atom is 0.303 e. The van der Waals surface area contributed by atoms with Crippen LogP contribution in [0.1, 0.15) is 38.5 Å². The van der Waals surface area contributed by atoms with E-state index in [0.29, 0.717) is 152 Å². The third-order valence-corrected chi connectivity index (χ3v) is 6.37. The second kappa shape index (κ2) is 36.7. The Morgan fingerprint density at radius 1 is 0.521 bits per heavy atom. The zero-order chi connectivity index (χ0) is 34.4. The van der Waals surface area contributed by atoms with Crippen molar-refractivity contribution in [3.8, 4) is 0 Å². The van der Waals surface area contributed by atoms with Crippen molar-refractivity contribution in [3.63, 3.8) is 0 Å². The van der Waals surface area contributed by atoms with Crippen LogP contribution in [-0.4, -0.2) is 175 Å². The summed E-state index contributed by atoms with van der Waals surface area (Å²) in [5.41, 5.74) is 0. The lowest BCUT2D eigenvalue weighted by molar-refractivity contribution is -0.169. The molecule has 2 N–H and O–H groups in total. The smallest absolute Gasteiger partial charge is 0.303 e. The summed E-state index contributed by atoms with van der Waals surface area (Å²) in [6.07, 6.45) is 3.64. The predicted octanol–water partition coefficient (Wildman–Crippen LogP) is 1.07. The molecule has 1 heterocycles. The van der Waals surface area contributed by atoms with Gasteiger partial charge in [-0.3, -0.25) is 9.59 Å². The molecule has 1 rings (SSSR count). The molecule has 1 aliphatic rings. The second-order valence-corrected chi connectivity index (χ2v) is 10.4. The minimum absolute atomic E-state index is 0.00977. The van der Waals surface area contributed by atoms with Crippen LogP contribution in [0.3, 0.4) is 0 Å². The average molecular weight is 700 g/mol. The van der Waals surface area contributed by atoms with E-state index in [-0.39, 0.29) is 25.0 Å². The molecule has 1 atom stereocenters. The van der Waals surface area contributed by atoms with Gasteiger partial charge in [-0.05, 0) is 25.7 Å². The average Bonchev–Trinajstić information content (AvgIpc) is 3.09. The summed E-state index contributed by atoms with van der Waals surface area (Å²) < 4.78 is 65.7. The summed E-state index contributed by atoms with van der Waals surface area (Å²) in [5, 5.41) is 11.2. The minimum atomic E-state index is -0.982. The van der Waals surface area contributed by atoms with Gasteiger partial charge in [0.05, 0.1) is 139 Å². The molecule has 0 radical (unpaired) electrons. The molecule has 1 aliphatic heterocycles. The third-order valence-electron chi connectivity index (χ3n) is 6.37. The lowest BCUT2D eigenvalue weighted by atomic mass is 10.2. The van der Waals surface area contributed by atoms with E-state index in [4.69, 9.17) is 61.9 Å². The predicted molar refractivity (Wildman–Crippen MR) is 172 cm³/mol. The molecule has 16 heteroatoms. The monoisotopic (exact) mass is 699 g/mol. The molecule has 0 saturated carbocycles. The van der Waals surface area contributed by atoms with Gasteiger partial charge < -0.3 is 67.3 Å². The summed E-state index contributed by atoms with van der Waals surface area (Å²) in [5.74, 6) is -1.25. The number of hydrogen-bond donors (Lipinski definition) is 2. The summed E-state index contributed by atoms with van der Waals surface area (Å²) in [4.78, 5) is 21.8. The molecule has 1 amide bonds. The number of rotatable bonds is 38. The lowest BCUT2D eigenvalue weighted by Crippen LogP contribution is -2.25. The van der Waals surface area contributed by atoms with Gasteiger partial charge in [-0.2, -0.15) is 0 Å². The van der Waals surface area contributed by atoms with Crippen molar-refractivity contribution in [3.05, 3.63) is 0 Å². The van der Waals surface area contributed by atoms with Crippen molar-refractivity contribution in [1.82, 2.24) is 5.32 Å². The fourth-order valence-corrected chi connectivity index (χ4v) is 3.87. The second-order valence-electron chi connectivity index (χ2n) is 10.4. The zero-order valence-corrected chi connectivity index (χ0v) is 28.7. The summed E-state index contributed by atoms with van der Waals surface area (Å²) >= 11 is 0. The van der Waals surface area contributed by atoms with Gasteiger partial charge in [0.15, 0.2) is 6.29 Å². The van der Waals surface area contributed by atoms with E-state index < -0.39 is 5.97 Å². The van der Waals surface area contributed by atoms with Crippen LogP contribution in [0.25, 0.3) is 0 Å². The van der Waals surface area contributed by atoms with Gasteiger partial charge in [0.1, 0.15) is 0 Å². The van der Waals surface area contributed by atoms with Gasteiger partial charge >= 0.3 is 5.97 Å². The summed E-state index contributed by atoms with van der Waals surface area (Å²) in [6.45, 7) is 11.6. The van der Waals surface area contributed by atoms with E-state index >= 15 is 0 Å². The fraction of sp³-hybridized carbons (Fsp3) is 0.938. The van der Waals surface area contributed by atoms with Gasteiger partial charge in [0.25, 0.3) is 0 Å². The first kappa shape index (κ1) is 44.5. The number of carbonyl (C=O) groups excluding carboxylic acids is 1. The number of hydrogen-bond acceptors (Lipinski definition) is 14. The first-order chi connectivity index (χ1) is 23.7. The summed E-state index contributed by atoms with van der Waals surface area (Å²) in [7, 11) is 0. The van der Waals surface area contributed by atoms with Crippen LogP contribution in [0.4, 0.5) is 0 Å². The first-order valence-corrected chi connectivity index (χ1v) is 17.2. The maximum atomic E-state index is 11.4. The number of ether oxygens (including phenoxy) is 12. The van der Waals surface area contributed by atoms with Crippen LogP contribution in [0.5, 0.6) is 0 Å². The van der Waals surface area contributed by atoms with Crippen LogP contribution in [0.15, 0.2) is 0 Å². The Labute approximate surface area is 285 Å². The Bertz CT molecular complexity index is 700. The maximum absolute atomic E-state index is 11.4. The summed E-state index contributed by atoms with van der Waals surface area (Å²) in [6, 6.07) is 0. The number of nitrogens with one attached hydrogen (secondary N) is 1. The van der Waals surface area contributed by atoms with Gasteiger partial charge in [-0.15, -0.1) is 0 Å². The van der Waals surface area contributed by atoms with Crippen molar-refractivity contribution >= 4 is 11.9 Å². The molecule has 1 unspecified atom stereocenters. The van der Waals surface area contributed by atoms with E-state index in [1.54, 1.807) is 0 Å². The number of amides is 1. The highest BCUT2D eigenvalue weighted by Crippen LogP contribution is 2.13. The van der Waals surface area contributed by atoms with Crippen LogP contribution in [0.2, 0.25) is 0 Å². The fourth-order valence-electron chi connectivity index (χ4n) is 3.87. The highest BCUT2D eigenvalue weighted by Gasteiger charge is 2.13. The number of carboxylic acid groups (broad SMARTS) is 1. The Balaban J connectivity index is 1.61. The molecule has 284 valence electrons. The lowest BCUT2D eigenvalue weighted by Gasteiger charge is -2.22. The van der Waals surface area contributed by atoms with Crippen LogP contribution < -0.4 is 5.32 Å². The van der Waals surface area contributed by atoms with E-state index in [9.17, 15) is 9.59 Å². The standard InChI is InChI=1S/C32H61NO15/c34-30(5-6-31(35)36)33-7-3-8-37-10-11-38-12-13-39-14-15-40-16-17-41-18-19-42-20-21-43-22-23-44-24-25-45-26-27-46-28-29-48-32-4-1-2-9-47-32/h32H,1-29H2,(H,33,34)(H,35,36). The number of carbonyl (C=O) groups is 2. The largest absolute Gasteiger partial charge is 0.481 e. The Morgan fingerprint density at radius 3 is 1.25 bits per heavy atom. The van der Waals surface area contributed by atoms with Gasteiger partial charge in [-0.25, -0.2) is 0 Å². The normalized spacial score (nSPS) is 14.8. The van der Waals surface area contributed by atoms with Gasteiger partial charge in [-0.1, -0.05) is 0 Å². The SMILES string of the molecule is O=C(O)CCC(=O)NCCCOCCOCCOCCOCCOCCOCCOCCOCCOCCOCCOC1CCCCO1. The highest BCUT2D eigenvalue weighted by molar-refractivity contribution is 5.80. The van der Waals surface area contributed by atoms with Crippen LogP contribution >= 0.6 is 0 Å². The van der Waals surface area contributed by atoms with Crippen molar-refractivity contribution in [1.29, 1.82) is 0 Å². The topological polar surface area (TPSA) is 177 Å². The Hall–Kier alpha value is -1.54. The molecule has 0 aromatic heterocycles. The molecular formula is C32H61NO15. The Kier molecular flexibility index (Phi) is 34.0. The van der Waals surface area contributed by atoms with Crippen molar-refractivity contribution in [2.75, 3.05) is 152 Å². The van der Waals surface area contributed by atoms with Crippen molar-refractivity contribution in [2.45, 2.75) is 44.8 Å². The first-order valence-electron chi connectivity index (χ1n) is 17.2. The molecule has 0 aromatic rings. The molecule has 0 spiro atoms. The zero-order valence-electron chi connectivity index (χ0n) is 28.7. The molecule has 16 nitrogen and oxygen atoms in total. The molecule has 0 aliphatic carbocycles. The number of carboxylic acids is 1. The van der Waals surface area contributed by atoms with E-state index in [0.717, 1.165) is 25.9 Å². The molecule has 48 heavy (non-hydrogen) atoms. The molecule has 1 saturated heterocycles. The minimum Gasteiger partial charge on any atom is -0.481 e. The van der Waals surface area contributed by atoms with Crippen molar-refractivity contribution in [2.24, 2.45) is 0 Å². The van der Waals surface area contributed by atoms with E-state index in [2.05, 4.69) is 5.32 Å². The van der Waals surface area contributed by atoms with Crippen LogP contribution in [-0.2, 0) is 66.4 Å². The molecular weight excluding hydrogens is 638 g/mol. The van der Waals surface area contributed by atoms with Crippen molar-refractivity contribution < 1.29 is 71.5 Å². The van der Waals surface area contributed by atoms with E-state index in [1.807, 2.05) is 0 Å². The molecule has 0 aromatic carbocycles. The van der Waals surface area contributed by atoms with Gasteiger partial charge in [0, 0.05) is 26.2 Å². The number of aliphatic carboxylic acids is 1. The van der Waals surface area contributed by atoms with E-state index in [1.165, 1.54) is 0 Å². The quantitative estimate of drug-likeness (QED) is 0.0875. The van der Waals surface area contributed by atoms with Gasteiger partial charge in [0.2, 0.25) is 5.91 Å². The van der Waals surface area contributed by atoms with Crippen LogP contribution in [0, 0.1) is 0 Å².